The Hall–Kier alpha value is -3.27. The Morgan fingerprint density at radius 2 is 1.68 bits per heavy atom. The van der Waals surface area contributed by atoms with Crippen LogP contribution in [-0.4, -0.2) is 51.4 Å². The minimum absolute atomic E-state index is 0.0138. The Morgan fingerprint density at radius 1 is 1.00 bits per heavy atom. The summed E-state index contributed by atoms with van der Waals surface area (Å²) in [5.74, 6) is -0.673. The summed E-state index contributed by atoms with van der Waals surface area (Å²) in [6.45, 7) is 5.17. The number of amides is 2. The zero-order chi connectivity index (χ0) is 29.4. The van der Waals surface area contributed by atoms with Crippen LogP contribution in [0, 0.1) is 6.92 Å². The van der Waals surface area contributed by atoms with Gasteiger partial charge < -0.3 is 15.0 Å². The summed E-state index contributed by atoms with van der Waals surface area (Å²) in [5, 5.41) is 3.52. The minimum atomic E-state index is -4.22. The van der Waals surface area contributed by atoms with E-state index in [0.29, 0.717) is 28.6 Å². The molecule has 8 nitrogen and oxygen atoms in total. The SMILES string of the molecule is CCNC(=O)[C@@H](CC)N(Cc1ccc(Cl)cc1Cl)C(=O)CN(c1ccccc1OC)S(=O)(=O)c1ccc(C)cc1. The van der Waals surface area contributed by atoms with Crippen LogP contribution in [0.4, 0.5) is 5.69 Å². The highest BCUT2D eigenvalue weighted by Gasteiger charge is 2.34. The largest absolute Gasteiger partial charge is 0.495 e. The molecule has 0 aliphatic heterocycles. The molecule has 3 rings (SSSR count). The number of halogens is 2. The highest BCUT2D eigenvalue weighted by molar-refractivity contribution is 7.92. The quantitative estimate of drug-likeness (QED) is 0.296. The number of hydrogen-bond acceptors (Lipinski definition) is 5. The first-order valence-electron chi connectivity index (χ1n) is 12.8. The number of methoxy groups -OCH3 is 1. The fraction of sp³-hybridized carbons (Fsp3) is 0.310. The number of ether oxygens (including phenoxy) is 1. The molecule has 0 saturated carbocycles. The van der Waals surface area contributed by atoms with Crippen molar-refractivity contribution < 1.29 is 22.7 Å². The van der Waals surface area contributed by atoms with Crippen LogP contribution in [0.1, 0.15) is 31.4 Å². The predicted octanol–water partition coefficient (Wildman–Crippen LogP) is 5.45. The number of carbonyl (C=O) groups excluding carboxylic acids is 2. The number of aryl methyl sites for hydroxylation is 1. The van der Waals surface area contributed by atoms with Crippen molar-refractivity contribution in [3.8, 4) is 5.75 Å². The van der Waals surface area contributed by atoms with E-state index < -0.39 is 28.5 Å². The smallest absolute Gasteiger partial charge is 0.264 e. The third kappa shape index (κ3) is 7.27. The first-order chi connectivity index (χ1) is 19.0. The van der Waals surface area contributed by atoms with E-state index in [1.54, 1.807) is 68.4 Å². The molecule has 0 heterocycles. The molecule has 3 aromatic rings. The Bertz CT molecular complexity index is 1450. The van der Waals surface area contributed by atoms with Crippen molar-refractivity contribution >= 4 is 50.7 Å². The van der Waals surface area contributed by atoms with E-state index >= 15 is 0 Å². The van der Waals surface area contributed by atoms with E-state index in [2.05, 4.69) is 5.32 Å². The summed E-state index contributed by atoms with van der Waals surface area (Å²) < 4.78 is 34.4. The summed E-state index contributed by atoms with van der Waals surface area (Å²) in [7, 11) is -2.79. The van der Waals surface area contributed by atoms with E-state index in [1.165, 1.54) is 24.1 Å². The van der Waals surface area contributed by atoms with E-state index in [4.69, 9.17) is 27.9 Å². The number of hydrogen-bond donors (Lipinski definition) is 1. The van der Waals surface area contributed by atoms with Crippen molar-refractivity contribution in [1.29, 1.82) is 0 Å². The van der Waals surface area contributed by atoms with Gasteiger partial charge in [0, 0.05) is 23.1 Å². The molecule has 0 aliphatic carbocycles. The molecule has 0 spiro atoms. The molecule has 0 radical (unpaired) electrons. The molecule has 11 heteroatoms. The van der Waals surface area contributed by atoms with Gasteiger partial charge in [-0.25, -0.2) is 8.42 Å². The molecule has 40 heavy (non-hydrogen) atoms. The molecule has 0 aliphatic rings. The van der Waals surface area contributed by atoms with Gasteiger partial charge in [0.2, 0.25) is 11.8 Å². The van der Waals surface area contributed by atoms with Gasteiger partial charge in [0.05, 0.1) is 17.7 Å². The maximum Gasteiger partial charge on any atom is 0.264 e. The molecule has 0 saturated heterocycles. The number of sulfonamides is 1. The van der Waals surface area contributed by atoms with E-state index in [0.717, 1.165) is 9.87 Å². The van der Waals surface area contributed by atoms with Crippen LogP contribution in [0.3, 0.4) is 0 Å². The minimum Gasteiger partial charge on any atom is -0.495 e. The first-order valence-corrected chi connectivity index (χ1v) is 15.0. The average Bonchev–Trinajstić information content (AvgIpc) is 2.93. The molecule has 0 aromatic heterocycles. The number of benzene rings is 3. The lowest BCUT2D eigenvalue weighted by atomic mass is 10.1. The van der Waals surface area contributed by atoms with Gasteiger partial charge in [0.25, 0.3) is 10.0 Å². The second-order valence-corrected chi connectivity index (χ2v) is 11.8. The molecule has 214 valence electrons. The van der Waals surface area contributed by atoms with Crippen LogP contribution in [-0.2, 0) is 26.2 Å². The van der Waals surface area contributed by atoms with Crippen molar-refractivity contribution in [1.82, 2.24) is 10.2 Å². The van der Waals surface area contributed by atoms with Crippen LogP contribution >= 0.6 is 23.2 Å². The molecule has 0 fully saturated rings. The lowest BCUT2D eigenvalue weighted by Crippen LogP contribution is -2.52. The predicted molar refractivity (Wildman–Crippen MR) is 158 cm³/mol. The average molecular weight is 607 g/mol. The number of anilines is 1. The molecule has 0 unspecified atom stereocenters. The third-order valence-corrected chi connectivity index (χ3v) is 8.70. The number of nitrogens with zero attached hydrogens (tertiary/aromatic N) is 2. The number of rotatable bonds is 12. The molecule has 2 amide bonds. The van der Waals surface area contributed by atoms with Crippen LogP contribution in [0.5, 0.6) is 5.75 Å². The Balaban J connectivity index is 2.12. The lowest BCUT2D eigenvalue weighted by molar-refractivity contribution is -0.140. The van der Waals surface area contributed by atoms with Crippen molar-refractivity contribution in [3.05, 3.63) is 87.9 Å². The van der Waals surface area contributed by atoms with Gasteiger partial charge in [-0.15, -0.1) is 0 Å². The second kappa shape index (κ2) is 13.9. The van der Waals surface area contributed by atoms with E-state index in [9.17, 15) is 18.0 Å². The number of para-hydroxylation sites is 2. The third-order valence-electron chi connectivity index (χ3n) is 6.33. The maximum absolute atomic E-state index is 14.1. The number of carbonyl (C=O) groups is 2. The summed E-state index contributed by atoms with van der Waals surface area (Å²) >= 11 is 12.5. The normalized spacial score (nSPS) is 11.9. The van der Waals surface area contributed by atoms with Crippen LogP contribution in [0.25, 0.3) is 0 Å². The van der Waals surface area contributed by atoms with Gasteiger partial charge in [0.1, 0.15) is 18.3 Å². The zero-order valence-corrected chi connectivity index (χ0v) is 25.2. The fourth-order valence-corrected chi connectivity index (χ4v) is 6.12. The van der Waals surface area contributed by atoms with Gasteiger partial charge in [-0.1, -0.05) is 66.0 Å². The molecule has 1 atom stereocenters. The lowest BCUT2D eigenvalue weighted by Gasteiger charge is -2.33. The van der Waals surface area contributed by atoms with Crippen molar-refractivity contribution in [3.63, 3.8) is 0 Å². The van der Waals surface area contributed by atoms with Crippen LogP contribution in [0.15, 0.2) is 71.6 Å². The standard InChI is InChI=1S/C29H33Cl2N3O5S/c1-5-25(29(36)32-6-2)33(18-21-13-14-22(30)17-24(21)31)28(35)19-34(26-9-7-8-10-27(26)39-4)40(37,38)23-15-11-20(3)12-16-23/h7-17,25H,5-6,18-19H2,1-4H3,(H,32,36)/t25-/m1/s1. The fourth-order valence-electron chi connectivity index (χ4n) is 4.23. The van der Waals surface area contributed by atoms with Gasteiger partial charge in [-0.3, -0.25) is 13.9 Å². The number of likely N-dealkylation sites (N-methyl/N-ethyl adjacent to an activating group) is 1. The Kier molecular flexibility index (Phi) is 10.8. The second-order valence-electron chi connectivity index (χ2n) is 9.07. The highest BCUT2D eigenvalue weighted by Crippen LogP contribution is 2.33. The van der Waals surface area contributed by atoms with Gasteiger partial charge in [0.15, 0.2) is 0 Å². The van der Waals surface area contributed by atoms with Crippen molar-refractivity contribution in [2.24, 2.45) is 0 Å². The van der Waals surface area contributed by atoms with E-state index in [1.807, 2.05) is 6.92 Å². The zero-order valence-electron chi connectivity index (χ0n) is 22.9. The van der Waals surface area contributed by atoms with Gasteiger partial charge in [-0.05, 0) is 62.2 Å². The van der Waals surface area contributed by atoms with Crippen LogP contribution < -0.4 is 14.4 Å². The van der Waals surface area contributed by atoms with Crippen molar-refractivity contribution in [2.45, 2.75) is 44.7 Å². The van der Waals surface area contributed by atoms with Crippen LogP contribution in [0.2, 0.25) is 10.0 Å². The number of nitrogens with one attached hydrogen (secondary N) is 1. The van der Waals surface area contributed by atoms with E-state index in [-0.39, 0.29) is 28.8 Å². The molecular weight excluding hydrogens is 573 g/mol. The first kappa shape index (κ1) is 31.3. The topological polar surface area (TPSA) is 96.0 Å². The molecule has 1 N–H and O–H groups in total. The Morgan fingerprint density at radius 3 is 2.27 bits per heavy atom. The molecule has 3 aromatic carbocycles. The van der Waals surface area contributed by atoms with Gasteiger partial charge in [-0.2, -0.15) is 0 Å². The van der Waals surface area contributed by atoms with Crippen molar-refractivity contribution in [2.75, 3.05) is 24.5 Å². The summed E-state index contributed by atoms with van der Waals surface area (Å²) in [5.41, 5.74) is 1.64. The molecule has 0 bridgehead atoms. The molecular formula is C29H33Cl2N3O5S. The monoisotopic (exact) mass is 605 g/mol. The van der Waals surface area contributed by atoms with Gasteiger partial charge >= 0.3 is 0 Å². The maximum atomic E-state index is 14.1. The summed E-state index contributed by atoms with van der Waals surface area (Å²) in [4.78, 5) is 28.5. The summed E-state index contributed by atoms with van der Waals surface area (Å²) in [6, 6.07) is 16.9. The highest BCUT2D eigenvalue weighted by atomic mass is 35.5. The summed E-state index contributed by atoms with van der Waals surface area (Å²) in [6.07, 6.45) is 0.294. The Labute approximate surface area is 245 Å².